The molecule has 0 spiro atoms. The second-order valence-corrected chi connectivity index (χ2v) is 4.48. The molecular formula is C14H22N4O2. The maximum Gasteiger partial charge on any atom is 0.167 e. The summed E-state index contributed by atoms with van der Waals surface area (Å²) in [6, 6.07) is 2.12. The van der Waals surface area contributed by atoms with Crippen LogP contribution in [0.4, 0.5) is 5.82 Å². The van der Waals surface area contributed by atoms with Crippen LogP contribution in [0.25, 0.3) is 0 Å². The topological polar surface area (TPSA) is 91.1 Å². The molecule has 0 amide bonds. The number of aliphatic hydroxyl groups excluding tert-OH is 1. The first-order valence-corrected chi connectivity index (χ1v) is 6.86. The van der Waals surface area contributed by atoms with Gasteiger partial charge in [0.1, 0.15) is 11.6 Å². The summed E-state index contributed by atoms with van der Waals surface area (Å²) in [5.41, 5.74) is 2.34. The highest BCUT2D eigenvalue weighted by Gasteiger charge is 2.17. The van der Waals surface area contributed by atoms with Crippen LogP contribution in [-0.2, 0) is 17.6 Å². The molecule has 110 valence electrons. The van der Waals surface area contributed by atoms with E-state index in [1.807, 2.05) is 13.8 Å². The van der Waals surface area contributed by atoms with Crippen LogP contribution in [0.2, 0.25) is 0 Å². The molecule has 0 aliphatic heterocycles. The Balaban J connectivity index is 3.08. The summed E-state index contributed by atoms with van der Waals surface area (Å²) in [7, 11) is 1.60. The maximum absolute atomic E-state index is 9.38. The van der Waals surface area contributed by atoms with E-state index in [-0.39, 0.29) is 12.6 Å². The monoisotopic (exact) mass is 278 g/mol. The minimum Gasteiger partial charge on any atom is -0.396 e. The van der Waals surface area contributed by atoms with Crippen molar-refractivity contribution in [2.45, 2.75) is 39.2 Å². The van der Waals surface area contributed by atoms with E-state index in [2.05, 4.69) is 21.6 Å². The molecular weight excluding hydrogens is 256 g/mol. The summed E-state index contributed by atoms with van der Waals surface area (Å²) < 4.78 is 5.10. The third-order valence-electron chi connectivity index (χ3n) is 3.14. The van der Waals surface area contributed by atoms with Crippen LogP contribution in [0.5, 0.6) is 0 Å². The van der Waals surface area contributed by atoms with Crippen molar-refractivity contribution in [3.63, 3.8) is 0 Å². The molecule has 20 heavy (non-hydrogen) atoms. The van der Waals surface area contributed by atoms with E-state index in [0.29, 0.717) is 24.4 Å². The molecule has 1 unspecified atom stereocenters. The molecule has 0 bridgehead atoms. The van der Waals surface area contributed by atoms with Gasteiger partial charge in [-0.05, 0) is 24.8 Å². The van der Waals surface area contributed by atoms with Gasteiger partial charge in [0.2, 0.25) is 0 Å². The van der Waals surface area contributed by atoms with Gasteiger partial charge in [0.15, 0.2) is 5.82 Å². The Morgan fingerprint density at radius 3 is 2.60 bits per heavy atom. The normalized spacial score (nSPS) is 11.9. The zero-order valence-electron chi connectivity index (χ0n) is 12.3. The fourth-order valence-corrected chi connectivity index (χ4v) is 2.14. The molecule has 6 heteroatoms. The largest absolute Gasteiger partial charge is 0.396 e. The van der Waals surface area contributed by atoms with Crippen molar-refractivity contribution < 1.29 is 9.84 Å². The molecule has 1 atom stereocenters. The van der Waals surface area contributed by atoms with Gasteiger partial charge in [-0.25, -0.2) is 0 Å². The molecule has 1 aromatic rings. The summed E-state index contributed by atoms with van der Waals surface area (Å²) in [4.78, 5) is 0. The van der Waals surface area contributed by atoms with Crippen molar-refractivity contribution in [1.82, 2.24) is 10.2 Å². The third kappa shape index (κ3) is 3.89. The molecule has 6 nitrogen and oxygen atoms in total. The van der Waals surface area contributed by atoms with Crippen molar-refractivity contribution in [3.05, 3.63) is 16.8 Å². The number of aromatic nitrogens is 2. The molecule has 0 saturated carbocycles. The SMILES string of the molecule is CCc1nnc(NC(CCO)COC)c(C#N)c1CC. The van der Waals surface area contributed by atoms with Gasteiger partial charge in [-0.15, -0.1) is 5.10 Å². The molecule has 1 rings (SSSR count). The third-order valence-corrected chi connectivity index (χ3v) is 3.14. The number of aliphatic hydroxyl groups is 1. The average Bonchev–Trinajstić information content (AvgIpc) is 2.47. The number of hydrogen-bond acceptors (Lipinski definition) is 6. The van der Waals surface area contributed by atoms with Gasteiger partial charge in [0.05, 0.1) is 18.3 Å². The first-order valence-electron chi connectivity index (χ1n) is 6.86. The number of rotatable bonds is 8. The predicted molar refractivity (Wildman–Crippen MR) is 76.5 cm³/mol. The van der Waals surface area contributed by atoms with Gasteiger partial charge >= 0.3 is 0 Å². The molecule has 1 aromatic heterocycles. The Morgan fingerprint density at radius 1 is 1.35 bits per heavy atom. The van der Waals surface area contributed by atoms with Crippen molar-refractivity contribution in [2.75, 3.05) is 25.6 Å². The highest BCUT2D eigenvalue weighted by atomic mass is 16.5. The van der Waals surface area contributed by atoms with E-state index in [1.54, 1.807) is 7.11 Å². The van der Waals surface area contributed by atoms with E-state index in [0.717, 1.165) is 24.1 Å². The number of ether oxygens (including phenoxy) is 1. The number of nitriles is 1. The van der Waals surface area contributed by atoms with Crippen LogP contribution in [-0.4, -0.2) is 41.7 Å². The first-order chi connectivity index (χ1) is 9.71. The lowest BCUT2D eigenvalue weighted by Gasteiger charge is -2.19. The summed E-state index contributed by atoms with van der Waals surface area (Å²) in [6.45, 7) is 4.48. The Kier molecular flexibility index (Phi) is 6.91. The number of hydrogen-bond donors (Lipinski definition) is 2. The fourth-order valence-electron chi connectivity index (χ4n) is 2.14. The first kappa shape index (κ1) is 16.3. The highest BCUT2D eigenvalue weighted by molar-refractivity contribution is 5.56. The number of anilines is 1. The molecule has 0 fully saturated rings. The molecule has 0 aliphatic rings. The van der Waals surface area contributed by atoms with Crippen molar-refractivity contribution in [1.29, 1.82) is 5.26 Å². The summed E-state index contributed by atoms with van der Waals surface area (Å²) in [5.74, 6) is 0.469. The lowest BCUT2D eigenvalue weighted by atomic mass is 10.0. The zero-order valence-corrected chi connectivity index (χ0v) is 12.3. The average molecular weight is 278 g/mol. The minimum atomic E-state index is -0.0939. The van der Waals surface area contributed by atoms with Crippen molar-refractivity contribution >= 4 is 5.82 Å². The number of nitrogens with zero attached hydrogens (tertiary/aromatic N) is 3. The van der Waals surface area contributed by atoms with Gasteiger partial charge in [-0.1, -0.05) is 13.8 Å². The standard InChI is InChI=1S/C14H22N4O2/c1-4-11-12(8-15)14(18-17-13(11)5-2)16-10(6-7-19)9-20-3/h10,19H,4-7,9H2,1-3H3,(H,16,18). The van der Waals surface area contributed by atoms with Gasteiger partial charge in [0.25, 0.3) is 0 Å². The van der Waals surface area contributed by atoms with Crippen molar-refractivity contribution in [3.8, 4) is 6.07 Å². The number of nitrogens with one attached hydrogen (secondary N) is 1. The Morgan fingerprint density at radius 2 is 2.10 bits per heavy atom. The van der Waals surface area contributed by atoms with E-state index < -0.39 is 0 Å². The van der Waals surface area contributed by atoms with E-state index in [1.165, 1.54) is 0 Å². The quantitative estimate of drug-likeness (QED) is 0.744. The molecule has 0 aromatic carbocycles. The maximum atomic E-state index is 9.38. The summed E-state index contributed by atoms with van der Waals surface area (Å²) >= 11 is 0. The summed E-state index contributed by atoms with van der Waals surface area (Å²) in [6.07, 6.45) is 2.02. The van der Waals surface area contributed by atoms with Crippen LogP contribution in [0.3, 0.4) is 0 Å². The molecule has 2 N–H and O–H groups in total. The van der Waals surface area contributed by atoms with Crippen LogP contribution >= 0.6 is 0 Å². The molecule has 0 saturated heterocycles. The lowest BCUT2D eigenvalue weighted by Crippen LogP contribution is -2.27. The Labute approximate surface area is 119 Å². The smallest absolute Gasteiger partial charge is 0.167 e. The van der Waals surface area contributed by atoms with Crippen LogP contribution in [0, 0.1) is 11.3 Å². The lowest BCUT2D eigenvalue weighted by molar-refractivity contribution is 0.170. The van der Waals surface area contributed by atoms with E-state index >= 15 is 0 Å². The minimum absolute atomic E-state index is 0.0457. The predicted octanol–water partition coefficient (Wildman–Crippen LogP) is 1.28. The molecule has 0 radical (unpaired) electrons. The van der Waals surface area contributed by atoms with E-state index in [9.17, 15) is 5.26 Å². The van der Waals surface area contributed by atoms with Crippen LogP contribution in [0.15, 0.2) is 0 Å². The van der Waals surface area contributed by atoms with E-state index in [4.69, 9.17) is 9.84 Å². The Hall–Kier alpha value is -1.71. The summed E-state index contributed by atoms with van der Waals surface area (Å²) in [5, 5.41) is 29.9. The van der Waals surface area contributed by atoms with Gasteiger partial charge in [0, 0.05) is 13.7 Å². The fraction of sp³-hybridized carbons (Fsp3) is 0.643. The van der Waals surface area contributed by atoms with Crippen LogP contribution < -0.4 is 5.32 Å². The van der Waals surface area contributed by atoms with Gasteiger partial charge < -0.3 is 15.2 Å². The number of aryl methyl sites for hydroxylation is 1. The molecule has 0 aliphatic carbocycles. The Bertz CT molecular complexity index is 465. The second kappa shape index (κ2) is 8.46. The zero-order chi connectivity index (χ0) is 15.0. The van der Waals surface area contributed by atoms with Gasteiger partial charge in [-0.2, -0.15) is 10.4 Å². The van der Waals surface area contributed by atoms with Crippen molar-refractivity contribution in [2.24, 2.45) is 0 Å². The van der Waals surface area contributed by atoms with Gasteiger partial charge in [-0.3, -0.25) is 0 Å². The van der Waals surface area contributed by atoms with Crippen LogP contribution in [0.1, 0.15) is 37.1 Å². The second-order valence-electron chi connectivity index (χ2n) is 4.48. The highest BCUT2D eigenvalue weighted by Crippen LogP contribution is 2.20. The number of methoxy groups -OCH3 is 1. The molecule has 1 heterocycles.